The summed E-state index contributed by atoms with van der Waals surface area (Å²) in [7, 11) is 0. The van der Waals surface area contributed by atoms with Crippen LogP contribution in [0.1, 0.15) is 31.9 Å². The summed E-state index contributed by atoms with van der Waals surface area (Å²) in [6.07, 6.45) is 2.70. The van der Waals surface area contributed by atoms with Crippen molar-refractivity contribution in [2.24, 2.45) is 0 Å². The largest absolute Gasteiger partial charge is 0.507 e. The number of nitrogens with zero attached hydrogens (tertiary/aromatic N) is 1. The Morgan fingerprint density at radius 2 is 1.95 bits per heavy atom. The van der Waals surface area contributed by atoms with Gasteiger partial charge in [-0.3, -0.25) is 0 Å². The Kier molecular flexibility index (Phi) is 5.53. The van der Waals surface area contributed by atoms with E-state index in [1.54, 1.807) is 25.1 Å². The molecule has 5 heteroatoms. The second kappa shape index (κ2) is 7.14. The highest BCUT2D eigenvalue weighted by molar-refractivity contribution is 5.95. The average Bonchev–Trinajstić information content (AvgIpc) is 2.47. The molecule has 0 bridgehead atoms. The van der Waals surface area contributed by atoms with Gasteiger partial charge in [0.1, 0.15) is 17.4 Å². The number of nitriles is 1. The fourth-order valence-electron chi connectivity index (χ4n) is 1.88. The van der Waals surface area contributed by atoms with E-state index in [0.29, 0.717) is 22.4 Å². The minimum absolute atomic E-state index is 0.214. The Hall–Kier alpha value is -3.00. The van der Waals surface area contributed by atoms with Gasteiger partial charge in [0.15, 0.2) is 0 Å². The number of carbonyl (C=O) groups is 1. The molecule has 0 saturated carbocycles. The van der Waals surface area contributed by atoms with E-state index >= 15 is 0 Å². The lowest BCUT2D eigenvalue weighted by atomic mass is 9.96. The number of aliphatic carboxylic acids is 1. The lowest BCUT2D eigenvalue weighted by Crippen LogP contribution is -2.04. The van der Waals surface area contributed by atoms with Crippen molar-refractivity contribution in [1.82, 2.24) is 0 Å². The Morgan fingerprint density at radius 3 is 2.41 bits per heavy atom. The number of anilines is 1. The lowest BCUT2D eigenvalue weighted by Gasteiger charge is -2.10. The lowest BCUT2D eigenvalue weighted by molar-refractivity contribution is -0.132. The molecule has 1 rings (SSSR count). The molecule has 0 heterocycles. The van der Waals surface area contributed by atoms with Crippen molar-refractivity contribution in [2.45, 2.75) is 20.8 Å². The van der Waals surface area contributed by atoms with Crippen molar-refractivity contribution in [3.05, 3.63) is 58.4 Å². The number of benzene rings is 1. The number of rotatable bonds is 4. The zero-order valence-corrected chi connectivity index (χ0v) is 12.7. The molecule has 0 amide bonds. The van der Waals surface area contributed by atoms with Crippen LogP contribution in [0, 0.1) is 11.3 Å². The van der Waals surface area contributed by atoms with E-state index in [1.807, 2.05) is 19.9 Å². The summed E-state index contributed by atoms with van der Waals surface area (Å²) in [5, 5.41) is 28.0. The van der Waals surface area contributed by atoms with Gasteiger partial charge in [0.2, 0.25) is 0 Å². The van der Waals surface area contributed by atoms with E-state index in [0.717, 1.165) is 5.57 Å². The van der Waals surface area contributed by atoms with Gasteiger partial charge in [-0.25, -0.2) is 4.79 Å². The van der Waals surface area contributed by atoms with Crippen LogP contribution in [0.5, 0.6) is 0 Å². The summed E-state index contributed by atoms with van der Waals surface area (Å²) in [5.74, 6) is -1.55. The van der Waals surface area contributed by atoms with Gasteiger partial charge >= 0.3 is 5.97 Å². The fraction of sp³-hybridized carbons (Fsp3) is 0.176. The second-order valence-electron chi connectivity index (χ2n) is 4.86. The number of aliphatic hydroxyl groups excluding tert-OH is 1. The standard InChI is InChI=1S/C17H18N2O3/c1-4-16(20)14(17(21)22)8-13(10(2)3)11-5-6-15(19)12(7-11)9-18/h4-8,20H,19H2,1-3H3,(H,21,22)/b14-8+,16-4+. The van der Waals surface area contributed by atoms with Gasteiger partial charge in [0, 0.05) is 5.69 Å². The van der Waals surface area contributed by atoms with Crippen molar-refractivity contribution < 1.29 is 15.0 Å². The van der Waals surface area contributed by atoms with Crippen LogP contribution in [0.25, 0.3) is 5.57 Å². The van der Waals surface area contributed by atoms with Crippen LogP contribution < -0.4 is 5.73 Å². The number of aliphatic hydroxyl groups is 1. The normalized spacial score (nSPS) is 11.7. The van der Waals surface area contributed by atoms with Crippen LogP contribution in [0.2, 0.25) is 0 Å². The maximum Gasteiger partial charge on any atom is 0.339 e. The number of carboxylic acid groups (broad SMARTS) is 1. The van der Waals surface area contributed by atoms with Crippen LogP contribution in [0.3, 0.4) is 0 Å². The van der Waals surface area contributed by atoms with E-state index in [-0.39, 0.29) is 11.3 Å². The highest BCUT2D eigenvalue weighted by Crippen LogP contribution is 2.26. The first-order chi connectivity index (χ1) is 10.3. The summed E-state index contributed by atoms with van der Waals surface area (Å²) in [6, 6.07) is 6.90. The molecule has 22 heavy (non-hydrogen) atoms. The third-order valence-corrected chi connectivity index (χ3v) is 3.09. The SMILES string of the molecule is C/C=C(O)\C(=C/C(=C(C)C)c1ccc(N)c(C#N)c1)C(=O)O. The molecule has 0 spiro atoms. The van der Waals surface area contributed by atoms with Gasteiger partial charge < -0.3 is 15.9 Å². The molecular formula is C17H18N2O3. The van der Waals surface area contributed by atoms with Crippen LogP contribution in [-0.4, -0.2) is 16.2 Å². The Labute approximate surface area is 129 Å². The summed E-state index contributed by atoms with van der Waals surface area (Å²) in [5.41, 5.74) is 8.28. The van der Waals surface area contributed by atoms with Crippen molar-refractivity contribution >= 4 is 17.2 Å². The van der Waals surface area contributed by atoms with Gasteiger partial charge in [-0.15, -0.1) is 0 Å². The van der Waals surface area contributed by atoms with Crippen LogP contribution >= 0.6 is 0 Å². The van der Waals surface area contributed by atoms with Gasteiger partial charge in [-0.1, -0.05) is 11.6 Å². The molecule has 0 aromatic heterocycles. The first kappa shape index (κ1) is 17.1. The minimum atomic E-state index is -1.23. The minimum Gasteiger partial charge on any atom is -0.507 e. The van der Waals surface area contributed by atoms with Crippen LogP contribution in [0.15, 0.2) is 47.3 Å². The Bertz CT molecular complexity index is 731. The summed E-state index contributed by atoms with van der Waals surface area (Å²) in [6.45, 7) is 5.19. The summed E-state index contributed by atoms with van der Waals surface area (Å²) in [4.78, 5) is 11.3. The molecule has 0 atom stereocenters. The maximum absolute atomic E-state index is 11.3. The smallest absolute Gasteiger partial charge is 0.339 e. The van der Waals surface area contributed by atoms with Gasteiger partial charge in [-0.05, 0) is 56.2 Å². The molecule has 0 saturated heterocycles. The Balaban J connectivity index is 3.54. The molecule has 0 aliphatic carbocycles. The Morgan fingerprint density at radius 1 is 1.32 bits per heavy atom. The van der Waals surface area contributed by atoms with Gasteiger partial charge in [0.25, 0.3) is 0 Å². The first-order valence-electron chi connectivity index (χ1n) is 6.60. The van der Waals surface area contributed by atoms with Crippen LogP contribution in [-0.2, 0) is 4.79 Å². The number of allylic oxidation sites excluding steroid dienone is 4. The van der Waals surface area contributed by atoms with Crippen molar-refractivity contribution in [2.75, 3.05) is 5.73 Å². The van der Waals surface area contributed by atoms with Gasteiger partial charge in [-0.2, -0.15) is 5.26 Å². The highest BCUT2D eigenvalue weighted by Gasteiger charge is 2.14. The van der Waals surface area contributed by atoms with E-state index in [2.05, 4.69) is 0 Å². The highest BCUT2D eigenvalue weighted by atomic mass is 16.4. The molecule has 0 radical (unpaired) electrons. The van der Waals surface area contributed by atoms with E-state index < -0.39 is 5.97 Å². The predicted molar refractivity (Wildman–Crippen MR) is 85.9 cm³/mol. The zero-order valence-electron chi connectivity index (χ0n) is 12.7. The molecule has 0 aliphatic rings. The molecule has 0 fully saturated rings. The predicted octanol–water partition coefficient (Wildman–Crippen LogP) is 3.41. The quantitative estimate of drug-likeness (QED) is 0.342. The molecule has 114 valence electrons. The number of nitrogens with two attached hydrogens (primary N) is 1. The van der Waals surface area contributed by atoms with E-state index in [4.69, 9.17) is 11.0 Å². The maximum atomic E-state index is 11.3. The number of hydrogen-bond donors (Lipinski definition) is 3. The third kappa shape index (κ3) is 3.76. The van der Waals surface area contributed by atoms with Crippen molar-refractivity contribution in [3.8, 4) is 6.07 Å². The number of nitrogen functional groups attached to an aromatic ring is 1. The molecule has 1 aromatic rings. The number of carboxylic acids is 1. The number of hydrogen-bond acceptors (Lipinski definition) is 4. The van der Waals surface area contributed by atoms with Gasteiger partial charge in [0.05, 0.1) is 5.56 Å². The molecule has 0 aliphatic heterocycles. The molecule has 5 nitrogen and oxygen atoms in total. The van der Waals surface area contributed by atoms with Crippen LogP contribution in [0.4, 0.5) is 5.69 Å². The van der Waals surface area contributed by atoms with Crippen molar-refractivity contribution in [3.63, 3.8) is 0 Å². The van der Waals surface area contributed by atoms with E-state index in [9.17, 15) is 15.0 Å². The fourth-order valence-corrected chi connectivity index (χ4v) is 1.88. The molecule has 1 aromatic carbocycles. The summed E-state index contributed by atoms with van der Waals surface area (Å²) < 4.78 is 0. The molecule has 4 N–H and O–H groups in total. The third-order valence-electron chi connectivity index (χ3n) is 3.09. The molecular weight excluding hydrogens is 280 g/mol. The zero-order chi connectivity index (χ0) is 16.9. The van der Waals surface area contributed by atoms with E-state index in [1.165, 1.54) is 12.2 Å². The van der Waals surface area contributed by atoms with Crippen molar-refractivity contribution in [1.29, 1.82) is 5.26 Å². The monoisotopic (exact) mass is 298 g/mol. The topological polar surface area (TPSA) is 107 Å². The second-order valence-corrected chi connectivity index (χ2v) is 4.86. The average molecular weight is 298 g/mol. The summed E-state index contributed by atoms with van der Waals surface area (Å²) >= 11 is 0. The first-order valence-corrected chi connectivity index (χ1v) is 6.60. The molecule has 0 unspecified atom stereocenters.